The van der Waals surface area contributed by atoms with Gasteiger partial charge in [-0.15, -0.1) is 0 Å². The average molecular weight is 275 g/mol. The van der Waals surface area contributed by atoms with Gasteiger partial charge < -0.3 is 14.4 Å². The second-order valence-electron chi connectivity index (χ2n) is 6.04. The lowest BCUT2D eigenvalue weighted by molar-refractivity contribution is -0.121. The van der Waals surface area contributed by atoms with Gasteiger partial charge in [-0.2, -0.15) is 0 Å². The van der Waals surface area contributed by atoms with E-state index in [1.54, 1.807) is 0 Å². The van der Waals surface area contributed by atoms with Gasteiger partial charge in [-0.25, -0.2) is 4.79 Å². The summed E-state index contributed by atoms with van der Waals surface area (Å²) in [4.78, 5) is 23.3. The Bertz CT molecular complexity index is 310. The lowest BCUT2D eigenvalue weighted by Crippen LogP contribution is -2.42. The van der Waals surface area contributed by atoms with Crippen molar-refractivity contribution in [2.75, 3.05) is 20.2 Å². The molecule has 0 aromatic rings. The van der Waals surface area contributed by atoms with Gasteiger partial charge in [-0.3, -0.25) is 4.79 Å². The van der Waals surface area contributed by atoms with Crippen LogP contribution < -0.4 is 0 Å². The third-order valence-electron chi connectivity index (χ3n) is 3.45. The molecule has 0 aromatic heterocycles. The highest BCUT2D eigenvalue weighted by molar-refractivity contribution is 6.74. The predicted molar refractivity (Wildman–Crippen MR) is 73.4 cm³/mol. The maximum atomic E-state index is 11.6. The Balaban J connectivity index is 4.09. The molecule has 0 aliphatic carbocycles. The molecular formula is C12H25NO4Si. The van der Waals surface area contributed by atoms with Gasteiger partial charge in [0.05, 0.1) is 6.61 Å². The zero-order valence-electron chi connectivity index (χ0n) is 12.2. The maximum absolute atomic E-state index is 11.6. The molecule has 0 heterocycles. The molecule has 0 rings (SSSR count). The smallest absolute Gasteiger partial charge is 0.407 e. The van der Waals surface area contributed by atoms with Crippen molar-refractivity contribution in [2.24, 2.45) is 0 Å². The summed E-state index contributed by atoms with van der Waals surface area (Å²) in [5.74, 6) is -0.0482. The summed E-state index contributed by atoms with van der Waals surface area (Å²) in [7, 11) is -0.448. The lowest BCUT2D eigenvalue weighted by Gasteiger charge is -2.35. The van der Waals surface area contributed by atoms with E-state index in [9.17, 15) is 9.59 Å². The van der Waals surface area contributed by atoms with Gasteiger partial charge >= 0.3 is 6.09 Å². The van der Waals surface area contributed by atoms with E-state index in [2.05, 4.69) is 33.9 Å². The molecule has 0 radical (unpaired) electrons. The van der Waals surface area contributed by atoms with Gasteiger partial charge in [-0.05, 0) is 18.1 Å². The zero-order chi connectivity index (χ0) is 14.6. The Hall–Kier alpha value is -0.883. The normalized spacial score (nSPS) is 12.3. The van der Waals surface area contributed by atoms with Crippen LogP contribution in [-0.4, -0.2) is 50.4 Å². The maximum Gasteiger partial charge on any atom is 0.407 e. The van der Waals surface area contributed by atoms with Gasteiger partial charge in [0, 0.05) is 20.0 Å². The molecule has 18 heavy (non-hydrogen) atoms. The van der Waals surface area contributed by atoms with Gasteiger partial charge in [0.2, 0.25) is 0 Å². The summed E-state index contributed by atoms with van der Waals surface area (Å²) >= 11 is 0. The number of nitrogens with zero attached hydrogens (tertiary/aromatic N) is 1. The van der Waals surface area contributed by atoms with Crippen molar-refractivity contribution in [1.82, 2.24) is 4.90 Å². The fourth-order valence-corrected chi connectivity index (χ4v) is 1.89. The van der Waals surface area contributed by atoms with E-state index in [-0.39, 0.29) is 30.4 Å². The number of carboxylic acid groups (broad SMARTS) is 1. The van der Waals surface area contributed by atoms with E-state index >= 15 is 0 Å². The number of ketones is 1. The fraction of sp³-hybridized carbons (Fsp3) is 0.833. The summed E-state index contributed by atoms with van der Waals surface area (Å²) < 4.78 is 5.77. The molecule has 0 aliphatic heterocycles. The van der Waals surface area contributed by atoms with Crippen LogP contribution >= 0.6 is 0 Å². The highest BCUT2D eigenvalue weighted by Crippen LogP contribution is 2.36. The summed E-state index contributed by atoms with van der Waals surface area (Å²) in [6.45, 7) is 10.8. The minimum Gasteiger partial charge on any atom is -0.465 e. The summed E-state index contributed by atoms with van der Waals surface area (Å²) in [6.07, 6.45) is -0.814. The molecule has 0 bridgehead atoms. The van der Waals surface area contributed by atoms with Crippen molar-refractivity contribution in [3.8, 4) is 0 Å². The molecule has 5 nitrogen and oxygen atoms in total. The first-order valence-electron chi connectivity index (χ1n) is 6.07. The summed E-state index contributed by atoms with van der Waals surface area (Å²) in [5.41, 5.74) is 0. The third kappa shape index (κ3) is 5.64. The summed E-state index contributed by atoms with van der Waals surface area (Å²) in [6, 6.07) is 0. The number of carbonyl (C=O) groups excluding carboxylic acids is 1. The number of hydrogen-bond acceptors (Lipinski definition) is 3. The number of amides is 1. The van der Waals surface area contributed by atoms with Gasteiger partial charge in [0.25, 0.3) is 0 Å². The standard InChI is InChI=1S/C12H25NO4Si/c1-12(2,3)18(5,6)17-9-10(14)7-8-13(4)11(15)16/h7-9H2,1-6H3,(H,15,16). The van der Waals surface area contributed by atoms with E-state index < -0.39 is 14.4 Å². The molecule has 0 unspecified atom stereocenters. The lowest BCUT2D eigenvalue weighted by atomic mass is 10.2. The average Bonchev–Trinajstić information content (AvgIpc) is 2.21. The first-order valence-corrected chi connectivity index (χ1v) is 8.98. The topological polar surface area (TPSA) is 66.8 Å². The van der Waals surface area contributed by atoms with Crippen LogP contribution in [0.2, 0.25) is 18.1 Å². The molecule has 0 saturated heterocycles. The minimum absolute atomic E-state index is 0.0482. The Morgan fingerprint density at radius 2 is 1.78 bits per heavy atom. The van der Waals surface area contributed by atoms with Crippen molar-refractivity contribution < 1.29 is 19.1 Å². The molecule has 6 heteroatoms. The first-order chi connectivity index (χ1) is 7.97. The Morgan fingerprint density at radius 1 is 1.28 bits per heavy atom. The first kappa shape index (κ1) is 17.1. The van der Waals surface area contributed by atoms with E-state index in [1.165, 1.54) is 7.05 Å². The summed E-state index contributed by atoms with van der Waals surface area (Å²) in [5, 5.41) is 8.73. The monoisotopic (exact) mass is 275 g/mol. The van der Waals surface area contributed by atoms with Crippen LogP contribution in [0.3, 0.4) is 0 Å². The van der Waals surface area contributed by atoms with Crippen LogP contribution in [0.25, 0.3) is 0 Å². The second-order valence-corrected chi connectivity index (χ2v) is 10.9. The van der Waals surface area contributed by atoms with Crippen LogP contribution in [0.15, 0.2) is 0 Å². The van der Waals surface area contributed by atoms with E-state index in [0.717, 1.165) is 4.90 Å². The Labute approximate surface area is 110 Å². The van der Waals surface area contributed by atoms with Crippen LogP contribution in [0.4, 0.5) is 4.79 Å². The molecule has 1 N–H and O–H groups in total. The Morgan fingerprint density at radius 3 is 2.17 bits per heavy atom. The predicted octanol–water partition coefficient (Wildman–Crippen LogP) is 2.58. The van der Waals surface area contributed by atoms with Crippen LogP contribution in [0.5, 0.6) is 0 Å². The molecule has 0 aromatic carbocycles. The van der Waals surface area contributed by atoms with Gasteiger partial charge in [0.15, 0.2) is 14.1 Å². The Kier molecular flexibility index (Phi) is 6.02. The molecular weight excluding hydrogens is 250 g/mol. The van der Waals surface area contributed by atoms with Crippen LogP contribution in [-0.2, 0) is 9.22 Å². The van der Waals surface area contributed by atoms with E-state index in [4.69, 9.17) is 9.53 Å². The number of rotatable bonds is 6. The molecule has 0 atom stereocenters. The highest BCUT2D eigenvalue weighted by Gasteiger charge is 2.37. The second kappa shape index (κ2) is 6.33. The fourth-order valence-electron chi connectivity index (χ4n) is 0.938. The van der Waals surface area contributed by atoms with Gasteiger partial charge in [-0.1, -0.05) is 20.8 Å². The van der Waals surface area contributed by atoms with Crippen molar-refractivity contribution in [1.29, 1.82) is 0 Å². The van der Waals surface area contributed by atoms with Crippen molar-refractivity contribution in [3.05, 3.63) is 0 Å². The molecule has 0 fully saturated rings. The SMILES string of the molecule is CN(CCC(=O)CO[Si](C)(C)C(C)(C)C)C(=O)O. The molecule has 1 amide bonds. The van der Waals surface area contributed by atoms with Crippen LogP contribution in [0, 0.1) is 0 Å². The van der Waals surface area contributed by atoms with Crippen molar-refractivity contribution in [3.63, 3.8) is 0 Å². The molecule has 0 aliphatic rings. The number of hydrogen-bond donors (Lipinski definition) is 1. The third-order valence-corrected chi connectivity index (χ3v) is 7.93. The molecule has 106 valence electrons. The molecule has 0 spiro atoms. The quantitative estimate of drug-likeness (QED) is 0.757. The zero-order valence-corrected chi connectivity index (χ0v) is 13.2. The van der Waals surface area contributed by atoms with Crippen molar-refractivity contribution >= 4 is 20.2 Å². The largest absolute Gasteiger partial charge is 0.465 e. The highest BCUT2D eigenvalue weighted by atomic mass is 28.4. The number of carbonyl (C=O) groups is 2. The van der Waals surface area contributed by atoms with E-state index in [0.29, 0.717) is 0 Å². The number of Topliss-reactive ketones (excluding diaryl/α,β-unsaturated/α-hetero) is 1. The minimum atomic E-state index is -1.90. The van der Waals surface area contributed by atoms with Crippen LogP contribution in [0.1, 0.15) is 27.2 Å². The van der Waals surface area contributed by atoms with E-state index in [1.807, 2.05) is 0 Å². The van der Waals surface area contributed by atoms with Gasteiger partial charge in [0.1, 0.15) is 0 Å². The van der Waals surface area contributed by atoms with Crippen molar-refractivity contribution in [2.45, 2.75) is 45.3 Å². The molecule has 0 saturated carbocycles.